The van der Waals surface area contributed by atoms with Gasteiger partial charge in [-0.15, -0.1) is 0 Å². The van der Waals surface area contributed by atoms with E-state index in [1.807, 2.05) is 18.2 Å². The van der Waals surface area contributed by atoms with E-state index in [2.05, 4.69) is 14.9 Å². The second-order valence-electron chi connectivity index (χ2n) is 7.15. The topological polar surface area (TPSA) is 90.6 Å². The average Bonchev–Trinajstić information content (AvgIpc) is 3.08. The molecule has 1 saturated carbocycles. The first-order valence-electron chi connectivity index (χ1n) is 9.27. The fraction of sp³-hybridized carbons (Fsp3) is 0.450. The summed E-state index contributed by atoms with van der Waals surface area (Å²) in [7, 11) is 1.77. The summed E-state index contributed by atoms with van der Waals surface area (Å²) in [5.74, 6) is 0.796. The molecule has 1 aliphatic carbocycles. The Labute approximate surface area is 158 Å². The molecule has 3 atom stereocenters. The van der Waals surface area contributed by atoms with E-state index in [0.29, 0.717) is 17.3 Å². The molecule has 0 radical (unpaired) electrons. The van der Waals surface area contributed by atoms with E-state index in [-0.39, 0.29) is 17.7 Å². The molecule has 2 aliphatic rings. The number of pyridine rings is 2. The number of nitrogens with zero attached hydrogens (tertiary/aromatic N) is 3. The number of hydrogen-bond donors (Lipinski definition) is 1. The predicted octanol–water partition coefficient (Wildman–Crippen LogP) is 2.17. The second-order valence-corrected chi connectivity index (χ2v) is 7.15. The van der Waals surface area contributed by atoms with Crippen LogP contribution in [0.3, 0.4) is 0 Å². The standard InChI is InChI=1S/C20H24N4O3/c1-26-20-8-7-14(27-17-6-2-3-10-22-17)13-16(20)24(12-9-20)19-15(18(21)25)5-4-11-23-19/h2-6,10-11,14,16H,7-9,12-13H2,1H3,(H2,21,25)/t14-,16+,20-/m1/s1. The van der Waals surface area contributed by atoms with Crippen LogP contribution in [0.2, 0.25) is 0 Å². The number of fused-ring (bicyclic) bond motifs is 1. The van der Waals surface area contributed by atoms with Crippen molar-refractivity contribution in [2.24, 2.45) is 5.73 Å². The molecule has 0 spiro atoms. The average molecular weight is 368 g/mol. The number of anilines is 1. The van der Waals surface area contributed by atoms with Crippen molar-refractivity contribution in [3.05, 3.63) is 48.3 Å². The van der Waals surface area contributed by atoms with Gasteiger partial charge in [-0.3, -0.25) is 4.79 Å². The number of rotatable bonds is 5. The third-order valence-electron chi connectivity index (χ3n) is 5.79. The molecular weight excluding hydrogens is 344 g/mol. The smallest absolute Gasteiger partial charge is 0.252 e. The Balaban J connectivity index is 1.61. The van der Waals surface area contributed by atoms with Gasteiger partial charge in [-0.05, 0) is 37.5 Å². The van der Waals surface area contributed by atoms with Crippen LogP contribution >= 0.6 is 0 Å². The first-order valence-corrected chi connectivity index (χ1v) is 9.27. The summed E-state index contributed by atoms with van der Waals surface area (Å²) in [4.78, 5) is 22.8. The third-order valence-corrected chi connectivity index (χ3v) is 5.79. The summed E-state index contributed by atoms with van der Waals surface area (Å²) in [5, 5.41) is 0. The lowest BCUT2D eigenvalue weighted by molar-refractivity contribution is -0.0607. The molecule has 2 aromatic rings. The number of amides is 1. The number of ether oxygens (including phenoxy) is 2. The third kappa shape index (κ3) is 3.23. The Morgan fingerprint density at radius 2 is 2.07 bits per heavy atom. The first kappa shape index (κ1) is 17.7. The van der Waals surface area contributed by atoms with E-state index in [0.717, 1.165) is 32.2 Å². The number of hydrogen-bond acceptors (Lipinski definition) is 6. The van der Waals surface area contributed by atoms with E-state index in [1.165, 1.54) is 0 Å². The predicted molar refractivity (Wildman–Crippen MR) is 101 cm³/mol. The highest BCUT2D eigenvalue weighted by atomic mass is 16.5. The van der Waals surface area contributed by atoms with E-state index in [4.69, 9.17) is 15.2 Å². The van der Waals surface area contributed by atoms with Gasteiger partial charge in [0.05, 0.1) is 17.2 Å². The largest absolute Gasteiger partial charge is 0.474 e. The summed E-state index contributed by atoms with van der Waals surface area (Å²) in [6, 6.07) is 9.18. The van der Waals surface area contributed by atoms with Crippen LogP contribution in [-0.2, 0) is 4.74 Å². The molecule has 0 bridgehead atoms. The van der Waals surface area contributed by atoms with Crippen LogP contribution in [0.25, 0.3) is 0 Å². The van der Waals surface area contributed by atoms with Gasteiger partial charge in [0.2, 0.25) is 5.88 Å². The molecule has 7 nitrogen and oxygen atoms in total. The van der Waals surface area contributed by atoms with E-state index >= 15 is 0 Å². The maximum atomic E-state index is 11.9. The summed E-state index contributed by atoms with van der Waals surface area (Å²) < 4.78 is 12.1. The minimum absolute atomic E-state index is 0.0366. The van der Waals surface area contributed by atoms with Crippen molar-refractivity contribution in [3.63, 3.8) is 0 Å². The summed E-state index contributed by atoms with van der Waals surface area (Å²) in [5.41, 5.74) is 5.76. The minimum Gasteiger partial charge on any atom is -0.474 e. The maximum Gasteiger partial charge on any atom is 0.252 e. The Kier molecular flexibility index (Phi) is 4.70. The molecule has 0 aromatic carbocycles. The van der Waals surface area contributed by atoms with Crippen LogP contribution in [0.15, 0.2) is 42.7 Å². The van der Waals surface area contributed by atoms with Gasteiger partial charge in [-0.25, -0.2) is 9.97 Å². The summed E-state index contributed by atoms with van der Waals surface area (Å²) >= 11 is 0. The highest BCUT2D eigenvalue weighted by Gasteiger charge is 2.52. The van der Waals surface area contributed by atoms with Crippen molar-refractivity contribution >= 4 is 11.7 Å². The summed E-state index contributed by atoms with van der Waals surface area (Å²) in [6.07, 6.45) is 6.92. The van der Waals surface area contributed by atoms with Crippen molar-refractivity contribution in [1.29, 1.82) is 0 Å². The van der Waals surface area contributed by atoms with Gasteiger partial charge in [0.25, 0.3) is 5.91 Å². The van der Waals surface area contributed by atoms with Gasteiger partial charge >= 0.3 is 0 Å². The molecular formula is C20H24N4O3. The molecule has 2 fully saturated rings. The number of methoxy groups -OCH3 is 1. The van der Waals surface area contributed by atoms with Gasteiger partial charge in [0.15, 0.2) is 0 Å². The Bertz CT molecular complexity index is 816. The van der Waals surface area contributed by atoms with Crippen LogP contribution in [0.4, 0.5) is 5.82 Å². The van der Waals surface area contributed by atoms with E-state index in [1.54, 1.807) is 31.6 Å². The van der Waals surface area contributed by atoms with Gasteiger partial charge in [-0.2, -0.15) is 0 Å². The molecule has 0 unspecified atom stereocenters. The highest BCUT2D eigenvalue weighted by Crippen LogP contribution is 2.45. The first-order chi connectivity index (χ1) is 13.1. The number of nitrogens with two attached hydrogens (primary N) is 1. The Morgan fingerprint density at radius 1 is 1.22 bits per heavy atom. The van der Waals surface area contributed by atoms with Crippen LogP contribution in [-0.4, -0.2) is 47.3 Å². The zero-order chi connectivity index (χ0) is 18.9. The molecule has 27 heavy (non-hydrogen) atoms. The SMILES string of the molecule is CO[C@@]12CC[C@@H](Oc3ccccn3)C[C@@H]1N(c1ncccc1C(N)=O)CC2. The lowest BCUT2D eigenvalue weighted by atomic mass is 9.79. The lowest BCUT2D eigenvalue weighted by Crippen LogP contribution is -2.53. The maximum absolute atomic E-state index is 11.9. The van der Waals surface area contributed by atoms with Gasteiger partial charge < -0.3 is 20.1 Å². The fourth-order valence-corrected chi connectivity index (χ4v) is 4.43. The Morgan fingerprint density at radius 3 is 2.81 bits per heavy atom. The van der Waals surface area contributed by atoms with Crippen molar-refractivity contribution in [1.82, 2.24) is 9.97 Å². The molecule has 2 N–H and O–H groups in total. The highest BCUT2D eigenvalue weighted by molar-refractivity contribution is 5.97. The second kappa shape index (κ2) is 7.15. The van der Waals surface area contributed by atoms with Crippen LogP contribution in [0.5, 0.6) is 5.88 Å². The molecule has 142 valence electrons. The van der Waals surface area contributed by atoms with Crippen molar-refractivity contribution < 1.29 is 14.3 Å². The number of aromatic nitrogens is 2. The minimum atomic E-state index is -0.467. The zero-order valence-electron chi connectivity index (χ0n) is 15.4. The fourth-order valence-electron chi connectivity index (χ4n) is 4.43. The zero-order valence-corrected chi connectivity index (χ0v) is 15.4. The van der Waals surface area contributed by atoms with Gasteiger partial charge in [-0.1, -0.05) is 6.07 Å². The quantitative estimate of drug-likeness (QED) is 0.870. The monoisotopic (exact) mass is 368 g/mol. The number of primary amides is 1. The Hall–Kier alpha value is -2.67. The van der Waals surface area contributed by atoms with Crippen LogP contribution in [0.1, 0.15) is 36.0 Å². The van der Waals surface area contributed by atoms with Crippen molar-refractivity contribution in [2.75, 3.05) is 18.6 Å². The molecule has 1 amide bonds. The molecule has 3 heterocycles. The molecule has 1 aliphatic heterocycles. The van der Waals surface area contributed by atoms with Crippen LogP contribution in [0, 0.1) is 0 Å². The normalized spacial score (nSPS) is 27.2. The molecule has 2 aromatic heterocycles. The lowest BCUT2D eigenvalue weighted by Gasteiger charge is -2.43. The van der Waals surface area contributed by atoms with Crippen LogP contribution < -0.4 is 15.4 Å². The summed E-state index contributed by atoms with van der Waals surface area (Å²) in [6.45, 7) is 0.770. The van der Waals surface area contributed by atoms with Crippen molar-refractivity contribution in [2.45, 2.75) is 43.4 Å². The van der Waals surface area contributed by atoms with Gasteiger partial charge in [0, 0.05) is 38.5 Å². The number of carbonyl (C=O) groups excluding carboxylic acids is 1. The van der Waals surface area contributed by atoms with E-state index in [9.17, 15) is 4.79 Å². The number of carbonyl (C=O) groups is 1. The van der Waals surface area contributed by atoms with Gasteiger partial charge in [0.1, 0.15) is 11.9 Å². The molecule has 4 rings (SSSR count). The molecule has 7 heteroatoms. The van der Waals surface area contributed by atoms with E-state index < -0.39 is 5.91 Å². The molecule has 1 saturated heterocycles. The van der Waals surface area contributed by atoms with Crippen molar-refractivity contribution in [3.8, 4) is 5.88 Å².